The van der Waals surface area contributed by atoms with Crippen LogP contribution in [0.15, 0.2) is 78.9 Å². The molecular weight excluding hydrogens is 348 g/mol. The van der Waals surface area contributed by atoms with Gasteiger partial charge in [0.2, 0.25) is 0 Å². The minimum absolute atomic E-state index is 0.110. The number of aromatic hydroxyl groups is 1. The largest absolute Gasteiger partial charge is 0.507 e. The van der Waals surface area contributed by atoms with Crippen LogP contribution in [0.3, 0.4) is 0 Å². The average Bonchev–Trinajstić information content (AvgIpc) is 2.66. The maximum Gasteiger partial charge on any atom is 0.193 e. The van der Waals surface area contributed by atoms with Crippen LogP contribution in [-0.2, 0) is 6.61 Å². The van der Waals surface area contributed by atoms with Crippen LogP contribution in [0.4, 0.5) is 0 Å². The van der Waals surface area contributed by atoms with Gasteiger partial charge in [-0.25, -0.2) is 0 Å². The summed E-state index contributed by atoms with van der Waals surface area (Å²) in [6, 6.07) is 21.5. The molecule has 0 bridgehead atoms. The molecule has 0 unspecified atom stereocenters. The second-order valence-electron chi connectivity index (χ2n) is 5.67. The van der Waals surface area contributed by atoms with E-state index in [-0.39, 0.29) is 17.1 Å². The van der Waals surface area contributed by atoms with Crippen molar-refractivity contribution >= 4 is 23.5 Å². The number of carbonyl (C=O) groups is 1. The average molecular weight is 365 g/mol. The molecule has 0 saturated carbocycles. The number of rotatable bonds is 6. The van der Waals surface area contributed by atoms with Gasteiger partial charge in [-0.3, -0.25) is 4.79 Å². The molecule has 0 saturated heterocycles. The molecule has 0 aliphatic heterocycles. The normalized spacial score (nSPS) is 10.8. The molecule has 0 radical (unpaired) electrons. The lowest BCUT2D eigenvalue weighted by Gasteiger charge is -2.11. The van der Waals surface area contributed by atoms with Crippen molar-refractivity contribution in [3.8, 4) is 11.5 Å². The summed E-state index contributed by atoms with van der Waals surface area (Å²) in [6.07, 6.45) is 3.08. The van der Waals surface area contributed by atoms with Gasteiger partial charge in [0.05, 0.1) is 0 Å². The van der Waals surface area contributed by atoms with E-state index in [1.807, 2.05) is 42.5 Å². The molecule has 130 valence electrons. The Balaban J connectivity index is 1.79. The molecule has 3 aromatic carbocycles. The number of phenolic OH excluding ortho intramolecular Hbond substituents is 1. The van der Waals surface area contributed by atoms with Crippen molar-refractivity contribution in [1.29, 1.82) is 0 Å². The van der Waals surface area contributed by atoms with Crippen molar-refractivity contribution < 1.29 is 14.6 Å². The van der Waals surface area contributed by atoms with E-state index in [4.69, 9.17) is 16.3 Å². The molecule has 0 aromatic heterocycles. The number of hydrogen-bond acceptors (Lipinski definition) is 3. The van der Waals surface area contributed by atoms with Crippen molar-refractivity contribution in [1.82, 2.24) is 0 Å². The summed E-state index contributed by atoms with van der Waals surface area (Å²) in [5.41, 5.74) is 1.96. The highest BCUT2D eigenvalue weighted by atomic mass is 35.5. The molecule has 0 amide bonds. The van der Waals surface area contributed by atoms with E-state index < -0.39 is 0 Å². The van der Waals surface area contributed by atoms with Gasteiger partial charge in [-0.15, -0.1) is 0 Å². The Morgan fingerprint density at radius 1 is 0.962 bits per heavy atom. The molecule has 0 fully saturated rings. The first kappa shape index (κ1) is 17.8. The Kier molecular flexibility index (Phi) is 5.72. The van der Waals surface area contributed by atoms with Crippen molar-refractivity contribution in [2.75, 3.05) is 0 Å². The van der Waals surface area contributed by atoms with Gasteiger partial charge in [-0.2, -0.15) is 0 Å². The molecule has 0 spiro atoms. The molecule has 3 nitrogen and oxygen atoms in total. The zero-order valence-electron chi connectivity index (χ0n) is 13.9. The van der Waals surface area contributed by atoms with Crippen molar-refractivity contribution in [2.24, 2.45) is 0 Å². The van der Waals surface area contributed by atoms with E-state index in [0.29, 0.717) is 17.4 Å². The second-order valence-corrected chi connectivity index (χ2v) is 6.11. The summed E-state index contributed by atoms with van der Waals surface area (Å²) >= 11 is 5.86. The highest BCUT2D eigenvalue weighted by Gasteiger charge is 2.15. The molecule has 3 rings (SSSR count). The van der Waals surface area contributed by atoms with Gasteiger partial charge in [0.25, 0.3) is 0 Å². The standard InChI is InChI=1S/C22H17ClO3/c23-18-12-9-16(10-13-18)11-14-20(25)22-19(24)7-4-8-21(22)26-15-17-5-2-1-3-6-17/h1-14,24H,15H2/b14-11+. The maximum absolute atomic E-state index is 12.6. The molecule has 0 aliphatic rings. The maximum atomic E-state index is 12.6. The first-order valence-corrected chi connectivity index (χ1v) is 8.48. The fraction of sp³-hybridized carbons (Fsp3) is 0.0455. The van der Waals surface area contributed by atoms with Crippen LogP contribution in [0, 0.1) is 0 Å². The minimum atomic E-state index is -0.332. The van der Waals surface area contributed by atoms with Crippen molar-refractivity contribution in [3.63, 3.8) is 0 Å². The highest BCUT2D eigenvalue weighted by Crippen LogP contribution is 2.29. The summed E-state index contributed by atoms with van der Waals surface area (Å²) in [5, 5.41) is 10.8. The quantitative estimate of drug-likeness (QED) is 0.462. The summed E-state index contributed by atoms with van der Waals surface area (Å²) < 4.78 is 5.76. The van der Waals surface area contributed by atoms with E-state index in [1.165, 1.54) is 12.1 Å². The van der Waals surface area contributed by atoms with Crippen LogP contribution in [0.1, 0.15) is 21.5 Å². The molecular formula is C22H17ClO3. The zero-order valence-corrected chi connectivity index (χ0v) is 14.7. The molecule has 0 atom stereocenters. The molecule has 0 heterocycles. The highest BCUT2D eigenvalue weighted by molar-refractivity contribution is 6.30. The van der Waals surface area contributed by atoms with E-state index in [9.17, 15) is 9.90 Å². The fourth-order valence-corrected chi connectivity index (χ4v) is 2.58. The lowest BCUT2D eigenvalue weighted by molar-refractivity contribution is 0.104. The van der Waals surface area contributed by atoms with E-state index >= 15 is 0 Å². The predicted octanol–water partition coefficient (Wildman–Crippen LogP) is 5.52. The summed E-state index contributed by atoms with van der Waals surface area (Å²) in [5.74, 6) is -0.0953. The van der Waals surface area contributed by atoms with Crippen LogP contribution in [-0.4, -0.2) is 10.9 Å². The molecule has 3 aromatic rings. The summed E-state index contributed by atoms with van der Waals surface area (Å²) in [7, 11) is 0. The van der Waals surface area contributed by atoms with Gasteiger partial charge in [0.15, 0.2) is 5.78 Å². The van der Waals surface area contributed by atoms with Gasteiger partial charge < -0.3 is 9.84 Å². The summed E-state index contributed by atoms with van der Waals surface area (Å²) in [6.45, 7) is 0.311. The Labute approximate surface area is 157 Å². The number of halogens is 1. The lowest BCUT2D eigenvalue weighted by atomic mass is 10.1. The van der Waals surface area contributed by atoms with Gasteiger partial charge in [-0.05, 0) is 41.5 Å². The third-order valence-electron chi connectivity index (χ3n) is 3.78. The topological polar surface area (TPSA) is 46.5 Å². The third-order valence-corrected chi connectivity index (χ3v) is 4.04. The first-order chi connectivity index (χ1) is 12.6. The van der Waals surface area contributed by atoms with Crippen LogP contribution in [0.2, 0.25) is 5.02 Å². The molecule has 4 heteroatoms. The number of phenols is 1. The molecule has 1 N–H and O–H groups in total. The van der Waals surface area contributed by atoms with Crippen molar-refractivity contribution in [2.45, 2.75) is 6.61 Å². The van der Waals surface area contributed by atoms with Gasteiger partial charge in [0.1, 0.15) is 23.7 Å². The number of ether oxygens (including phenoxy) is 1. The minimum Gasteiger partial charge on any atom is -0.507 e. The lowest BCUT2D eigenvalue weighted by Crippen LogP contribution is -2.03. The van der Waals surface area contributed by atoms with Crippen LogP contribution in [0.25, 0.3) is 6.08 Å². The number of benzene rings is 3. The van der Waals surface area contributed by atoms with Gasteiger partial charge >= 0.3 is 0 Å². The third kappa shape index (κ3) is 4.52. The molecule has 0 aliphatic carbocycles. The number of carbonyl (C=O) groups excluding carboxylic acids is 1. The number of hydrogen-bond donors (Lipinski definition) is 1. The first-order valence-electron chi connectivity index (χ1n) is 8.10. The molecule has 26 heavy (non-hydrogen) atoms. The van der Waals surface area contributed by atoms with E-state index in [1.54, 1.807) is 30.3 Å². The van der Waals surface area contributed by atoms with E-state index in [2.05, 4.69) is 0 Å². The monoisotopic (exact) mass is 364 g/mol. The number of ketones is 1. The SMILES string of the molecule is O=C(/C=C/c1ccc(Cl)cc1)c1c(O)cccc1OCc1ccccc1. The Morgan fingerprint density at radius 3 is 2.42 bits per heavy atom. The Bertz CT molecular complexity index is 916. The van der Waals surface area contributed by atoms with Gasteiger partial charge in [0, 0.05) is 5.02 Å². The smallest absolute Gasteiger partial charge is 0.193 e. The van der Waals surface area contributed by atoms with Gasteiger partial charge in [-0.1, -0.05) is 66.2 Å². The fourth-order valence-electron chi connectivity index (χ4n) is 2.45. The van der Waals surface area contributed by atoms with Crippen LogP contribution < -0.4 is 4.74 Å². The summed E-state index contributed by atoms with van der Waals surface area (Å²) in [4.78, 5) is 12.6. The predicted molar refractivity (Wildman–Crippen MR) is 104 cm³/mol. The zero-order chi connectivity index (χ0) is 18.4. The second kappa shape index (κ2) is 8.37. The van der Waals surface area contributed by atoms with Crippen LogP contribution in [0.5, 0.6) is 11.5 Å². The van der Waals surface area contributed by atoms with Crippen molar-refractivity contribution in [3.05, 3.63) is 101 Å². The Hall–Kier alpha value is -3.04. The van der Waals surface area contributed by atoms with Crippen LogP contribution >= 0.6 is 11.6 Å². The Morgan fingerprint density at radius 2 is 1.69 bits per heavy atom. The van der Waals surface area contributed by atoms with E-state index in [0.717, 1.165) is 11.1 Å². The number of allylic oxidation sites excluding steroid dienone is 1.